The first-order chi connectivity index (χ1) is 23.3. The number of hydrogen-bond donors (Lipinski definition) is 0. The van der Waals surface area contributed by atoms with Crippen molar-refractivity contribution in [3.8, 4) is 27.9 Å². The number of furan rings is 1. The molecule has 0 atom stereocenters. The van der Waals surface area contributed by atoms with Crippen molar-refractivity contribution < 1.29 is 4.42 Å². The van der Waals surface area contributed by atoms with Gasteiger partial charge in [0.2, 0.25) is 5.69 Å². The lowest BCUT2D eigenvalue weighted by molar-refractivity contribution is 0.668. The highest BCUT2D eigenvalue weighted by Gasteiger charge is 2.22. The van der Waals surface area contributed by atoms with E-state index in [2.05, 4.69) is 143 Å². The summed E-state index contributed by atoms with van der Waals surface area (Å²) in [5, 5.41) is 6.87. The van der Waals surface area contributed by atoms with Crippen LogP contribution >= 0.6 is 11.3 Å². The lowest BCUT2D eigenvalue weighted by Crippen LogP contribution is -1.94. The van der Waals surface area contributed by atoms with Gasteiger partial charge in [0.25, 0.3) is 0 Å². The summed E-state index contributed by atoms with van der Waals surface area (Å²) in [6, 6.07) is 51.3. The van der Waals surface area contributed by atoms with Crippen LogP contribution in [0, 0.1) is 6.57 Å². The predicted octanol–water partition coefficient (Wildman–Crippen LogP) is 12.9. The molecule has 0 saturated heterocycles. The second kappa shape index (κ2) is 9.92. The Kier molecular flexibility index (Phi) is 5.51. The Labute approximate surface area is 274 Å². The Morgan fingerprint density at radius 2 is 1.28 bits per heavy atom. The lowest BCUT2D eigenvalue weighted by Gasteiger charge is -2.10. The van der Waals surface area contributed by atoms with Gasteiger partial charge in [0, 0.05) is 47.3 Å². The summed E-state index contributed by atoms with van der Waals surface area (Å²) < 4.78 is 11.7. The second-order valence-electron chi connectivity index (χ2n) is 11.9. The van der Waals surface area contributed by atoms with E-state index in [0.717, 1.165) is 49.8 Å². The van der Waals surface area contributed by atoms with Crippen LogP contribution in [0.4, 0.5) is 5.69 Å². The lowest BCUT2D eigenvalue weighted by atomic mass is 9.97. The van der Waals surface area contributed by atoms with E-state index in [1.54, 1.807) is 0 Å². The number of nitrogens with zero attached hydrogens (tertiary/aromatic N) is 2. The molecule has 0 unspecified atom stereocenters. The molecule has 0 aliphatic rings. The molecule has 0 radical (unpaired) electrons. The normalized spacial score (nSPS) is 11.8. The van der Waals surface area contributed by atoms with Crippen LogP contribution in [0.3, 0.4) is 0 Å². The molecule has 3 heterocycles. The molecule has 0 N–H and O–H groups in total. The smallest absolute Gasteiger partial charge is 0.229 e. The van der Waals surface area contributed by atoms with Crippen molar-refractivity contribution in [2.24, 2.45) is 0 Å². The zero-order valence-corrected chi connectivity index (χ0v) is 25.9. The van der Waals surface area contributed by atoms with Gasteiger partial charge in [-0.05, 0) is 41.0 Å². The van der Waals surface area contributed by atoms with Gasteiger partial charge in [-0.3, -0.25) is 0 Å². The van der Waals surface area contributed by atoms with Crippen LogP contribution < -0.4 is 0 Å². The fourth-order valence-corrected chi connectivity index (χ4v) is 8.59. The zero-order chi connectivity index (χ0) is 31.1. The number of thiophene rings is 1. The Morgan fingerprint density at radius 3 is 2.17 bits per heavy atom. The Balaban J connectivity index is 1.30. The molecule has 7 aromatic carbocycles. The highest BCUT2D eigenvalue weighted by atomic mass is 32.1. The fraction of sp³-hybridized carbons (Fsp3) is 0. The molecule has 0 spiro atoms. The van der Waals surface area contributed by atoms with Crippen molar-refractivity contribution in [2.45, 2.75) is 0 Å². The molecule has 0 bridgehead atoms. The summed E-state index contributed by atoms with van der Waals surface area (Å²) in [6.07, 6.45) is 0. The molecule has 3 aromatic heterocycles. The molecule has 10 rings (SSSR count). The summed E-state index contributed by atoms with van der Waals surface area (Å²) in [7, 11) is 0. The van der Waals surface area contributed by atoms with Gasteiger partial charge in [-0.1, -0.05) is 121 Å². The zero-order valence-electron chi connectivity index (χ0n) is 25.1. The third-order valence-corrected chi connectivity index (χ3v) is 10.7. The monoisotopic (exact) mass is 616 g/mol. The largest absolute Gasteiger partial charge is 0.465 e. The van der Waals surface area contributed by atoms with E-state index < -0.39 is 0 Å². The number of hydrogen-bond acceptors (Lipinski definition) is 2. The minimum absolute atomic E-state index is 0.517. The topological polar surface area (TPSA) is 22.4 Å². The van der Waals surface area contributed by atoms with Gasteiger partial charge in [0.05, 0.1) is 23.3 Å². The average Bonchev–Trinajstić information content (AvgIpc) is 3.81. The van der Waals surface area contributed by atoms with E-state index in [9.17, 15) is 0 Å². The Hall–Kier alpha value is -6.15. The molecule has 0 saturated carbocycles. The molecule has 10 aromatic rings. The number of fused-ring (bicyclic) bond motifs is 9. The third-order valence-electron chi connectivity index (χ3n) is 9.44. The van der Waals surface area contributed by atoms with Gasteiger partial charge in [-0.15, -0.1) is 11.3 Å². The summed E-state index contributed by atoms with van der Waals surface area (Å²) in [4.78, 5) is 3.92. The summed E-state index contributed by atoms with van der Waals surface area (Å²) in [5.41, 5.74) is 9.67. The second-order valence-corrected chi connectivity index (χ2v) is 13.0. The first-order valence-electron chi connectivity index (χ1n) is 15.6. The number of benzene rings is 7. The SMILES string of the molecule is [C-]#[N+]c1ccc(-c2cccc3c2sc2ccccc23)c2c1oc1c(-n3c4ccccc4c4ccc(-c5ccccc5)cc43)cccc12. The van der Waals surface area contributed by atoms with Gasteiger partial charge in [-0.2, -0.15) is 0 Å². The van der Waals surface area contributed by atoms with Crippen molar-refractivity contribution in [2.75, 3.05) is 0 Å². The maximum atomic E-state index is 8.05. The summed E-state index contributed by atoms with van der Waals surface area (Å²) >= 11 is 1.82. The maximum Gasteiger partial charge on any atom is 0.229 e. The summed E-state index contributed by atoms with van der Waals surface area (Å²) in [5.74, 6) is 0. The van der Waals surface area contributed by atoms with Crippen LogP contribution in [0.1, 0.15) is 0 Å². The van der Waals surface area contributed by atoms with Crippen molar-refractivity contribution >= 4 is 80.9 Å². The van der Waals surface area contributed by atoms with Crippen LogP contribution in [-0.4, -0.2) is 4.57 Å². The van der Waals surface area contributed by atoms with E-state index >= 15 is 0 Å². The van der Waals surface area contributed by atoms with E-state index in [0.29, 0.717) is 11.3 Å². The first-order valence-corrected chi connectivity index (χ1v) is 16.5. The maximum absolute atomic E-state index is 8.05. The van der Waals surface area contributed by atoms with Crippen molar-refractivity contribution in [3.05, 3.63) is 157 Å². The molecule has 0 aliphatic heterocycles. The fourth-order valence-electron chi connectivity index (χ4n) is 7.36. The van der Waals surface area contributed by atoms with Crippen LogP contribution in [0.15, 0.2) is 150 Å². The number of rotatable bonds is 3. The van der Waals surface area contributed by atoms with Crippen LogP contribution in [0.5, 0.6) is 0 Å². The average molecular weight is 617 g/mol. The van der Waals surface area contributed by atoms with E-state index in [4.69, 9.17) is 11.0 Å². The highest BCUT2D eigenvalue weighted by Crippen LogP contribution is 2.47. The molecule has 218 valence electrons. The molecular weight excluding hydrogens is 593 g/mol. The highest BCUT2D eigenvalue weighted by molar-refractivity contribution is 7.26. The number of aromatic nitrogens is 1. The standard InChI is InChI=1S/C43H24N2OS/c1-44-35-24-23-31(33-16-9-15-32-30-14-6-8-20-39(30)47-43(32)33)40-34-17-10-19-37(41(34)46-42(35)40)45-36-18-7-5-13-28(36)29-22-21-27(25-38(29)45)26-11-3-2-4-12-26/h2-25H. The molecule has 0 fully saturated rings. The molecule has 3 nitrogen and oxygen atoms in total. The molecule has 0 amide bonds. The third kappa shape index (κ3) is 3.72. The van der Waals surface area contributed by atoms with Crippen molar-refractivity contribution in [1.29, 1.82) is 0 Å². The van der Waals surface area contributed by atoms with Gasteiger partial charge < -0.3 is 8.98 Å². The number of para-hydroxylation sites is 2. The minimum Gasteiger partial charge on any atom is -0.465 e. The quantitative estimate of drug-likeness (QED) is 0.181. The molecular formula is C43H24N2OS. The van der Waals surface area contributed by atoms with E-state index in [1.165, 1.54) is 36.5 Å². The molecule has 4 heteroatoms. The van der Waals surface area contributed by atoms with Crippen LogP contribution in [-0.2, 0) is 0 Å². The van der Waals surface area contributed by atoms with Crippen molar-refractivity contribution in [1.82, 2.24) is 4.57 Å². The Bertz CT molecular complexity index is 2920. The first kappa shape index (κ1) is 26.1. The van der Waals surface area contributed by atoms with Gasteiger partial charge in [0.15, 0.2) is 5.58 Å². The van der Waals surface area contributed by atoms with E-state index in [-0.39, 0.29) is 0 Å². The van der Waals surface area contributed by atoms with E-state index in [1.807, 2.05) is 23.5 Å². The van der Waals surface area contributed by atoms with Gasteiger partial charge >= 0.3 is 0 Å². The predicted molar refractivity (Wildman–Crippen MR) is 198 cm³/mol. The molecule has 47 heavy (non-hydrogen) atoms. The minimum atomic E-state index is 0.517. The van der Waals surface area contributed by atoms with Crippen LogP contribution in [0.2, 0.25) is 0 Å². The Morgan fingerprint density at radius 1 is 0.532 bits per heavy atom. The van der Waals surface area contributed by atoms with Crippen molar-refractivity contribution in [3.63, 3.8) is 0 Å². The molecule has 0 aliphatic carbocycles. The van der Waals surface area contributed by atoms with Gasteiger partial charge in [0.1, 0.15) is 5.58 Å². The van der Waals surface area contributed by atoms with Gasteiger partial charge in [-0.25, -0.2) is 4.85 Å². The summed E-state index contributed by atoms with van der Waals surface area (Å²) in [6.45, 7) is 8.05. The van der Waals surface area contributed by atoms with Crippen LogP contribution in [0.25, 0.3) is 96.7 Å².